The minimum Gasteiger partial charge on any atom is -0.335 e. The number of carbonyl (C=O) groups is 1. The van der Waals surface area contributed by atoms with Gasteiger partial charge in [-0.3, -0.25) is 0 Å². The molecule has 2 N–H and O–H groups in total. The highest BCUT2D eigenvalue weighted by atomic mass is 32.1. The topological polar surface area (TPSA) is 46.1 Å². The molecule has 5 heteroatoms. The zero-order valence-corrected chi connectivity index (χ0v) is 20.2. The van der Waals surface area contributed by atoms with Gasteiger partial charge >= 0.3 is 6.03 Å². The zero-order chi connectivity index (χ0) is 23.5. The second kappa shape index (κ2) is 9.57. The van der Waals surface area contributed by atoms with Gasteiger partial charge in [0.2, 0.25) is 0 Å². The lowest BCUT2D eigenvalue weighted by Crippen LogP contribution is -2.28. The molecule has 170 valence electrons. The number of hydrogen-bond donors (Lipinski definition) is 2. The first-order chi connectivity index (χ1) is 16.6. The van der Waals surface area contributed by atoms with Crippen LogP contribution < -0.4 is 10.6 Å². The van der Waals surface area contributed by atoms with Gasteiger partial charge in [-0.1, -0.05) is 72.3 Å². The summed E-state index contributed by atoms with van der Waals surface area (Å²) in [5.41, 5.74) is 7.75. The zero-order valence-electron chi connectivity index (χ0n) is 19.3. The second-order valence-electron chi connectivity index (χ2n) is 8.52. The molecule has 3 aromatic carbocycles. The number of rotatable bonds is 6. The van der Waals surface area contributed by atoms with Crippen molar-refractivity contribution in [3.05, 3.63) is 113 Å². The summed E-state index contributed by atoms with van der Waals surface area (Å²) < 4.78 is 2.37. The lowest BCUT2D eigenvalue weighted by atomic mass is 10.1. The van der Waals surface area contributed by atoms with E-state index >= 15 is 0 Å². The highest BCUT2D eigenvalue weighted by Crippen LogP contribution is 2.36. The van der Waals surface area contributed by atoms with Crippen LogP contribution in [0.2, 0.25) is 0 Å². The molecule has 2 heterocycles. The molecule has 5 rings (SSSR count). The third-order valence-electron chi connectivity index (χ3n) is 6.07. The van der Waals surface area contributed by atoms with Crippen molar-refractivity contribution < 1.29 is 4.79 Å². The Morgan fingerprint density at radius 2 is 1.71 bits per heavy atom. The largest absolute Gasteiger partial charge is 0.335 e. The number of aromatic nitrogens is 1. The van der Waals surface area contributed by atoms with Crippen LogP contribution in [0.1, 0.15) is 22.3 Å². The highest BCUT2D eigenvalue weighted by Gasteiger charge is 2.20. The lowest BCUT2D eigenvalue weighted by molar-refractivity contribution is 0.252. The monoisotopic (exact) mass is 465 g/mol. The van der Waals surface area contributed by atoms with E-state index in [0.717, 1.165) is 34.4 Å². The number of nitrogens with one attached hydrogen (secondary N) is 2. The number of fused-ring (bicyclic) bond motifs is 1. The summed E-state index contributed by atoms with van der Waals surface area (Å²) in [4.78, 5) is 14.0. The first-order valence-electron chi connectivity index (χ1n) is 11.4. The number of urea groups is 1. The lowest BCUT2D eigenvalue weighted by Gasteiger charge is -2.13. The minimum atomic E-state index is -0.205. The van der Waals surface area contributed by atoms with E-state index in [2.05, 4.69) is 87.3 Å². The summed E-state index contributed by atoms with van der Waals surface area (Å²) in [6, 6.07) is 29.0. The number of thiophene rings is 1. The van der Waals surface area contributed by atoms with Crippen LogP contribution in [0.4, 0.5) is 10.5 Å². The van der Waals surface area contributed by atoms with Crippen molar-refractivity contribution in [2.45, 2.75) is 26.9 Å². The molecule has 0 aliphatic heterocycles. The summed E-state index contributed by atoms with van der Waals surface area (Å²) in [6.07, 6.45) is 0. The Morgan fingerprint density at radius 1 is 0.912 bits per heavy atom. The number of para-hydroxylation sites is 1. The summed E-state index contributed by atoms with van der Waals surface area (Å²) >= 11 is 1.72. The minimum absolute atomic E-state index is 0.205. The number of hydrogen-bond acceptors (Lipinski definition) is 2. The molecule has 34 heavy (non-hydrogen) atoms. The Labute approximate surface area is 203 Å². The molecule has 5 aromatic rings. The second-order valence-corrected chi connectivity index (χ2v) is 9.47. The molecular formula is C29H27N3OS. The van der Waals surface area contributed by atoms with Crippen molar-refractivity contribution in [1.29, 1.82) is 0 Å². The maximum atomic E-state index is 12.8. The molecule has 0 saturated carbocycles. The van der Waals surface area contributed by atoms with Gasteiger partial charge in [0, 0.05) is 35.2 Å². The van der Waals surface area contributed by atoms with Crippen molar-refractivity contribution in [2.24, 2.45) is 0 Å². The third-order valence-corrected chi connectivity index (χ3v) is 6.95. The van der Waals surface area contributed by atoms with E-state index in [1.54, 1.807) is 11.3 Å². The number of benzene rings is 3. The van der Waals surface area contributed by atoms with E-state index in [0.29, 0.717) is 6.54 Å². The summed E-state index contributed by atoms with van der Waals surface area (Å²) in [7, 11) is 0. The highest BCUT2D eigenvalue weighted by molar-refractivity contribution is 7.13. The van der Waals surface area contributed by atoms with Crippen molar-refractivity contribution in [2.75, 3.05) is 5.32 Å². The van der Waals surface area contributed by atoms with Crippen LogP contribution in [0.3, 0.4) is 0 Å². The van der Waals surface area contributed by atoms with Crippen molar-refractivity contribution in [3.8, 4) is 10.6 Å². The van der Waals surface area contributed by atoms with Gasteiger partial charge in [-0.05, 0) is 48.6 Å². The fraction of sp³-hybridized carbons (Fsp3) is 0.138. The molecule has 2 amide bonds. The van der Waals surface area contributed by atoms with Crippen LogP contribution >= 0.6 is 11.3 Å². The van der Waals surface area contributed by atoms with Crippen LogP contribution in [0, 0.1) is 13.8 Å². The molecular weight excluding hydrogens is 438 g/mol. The van der Waals surface area contributed by atoms with Crippen LogP contribution in [0.5, 0.6) is 0 Å². The molecule has 0 atom stereocenters. The number of carbonyl (C=O) groups excluding carboxylic acids is 1. The van der Waals surface area contributed by atoms with E-state index in [4.69, 9.17) is 0 Å². The Bertz CT molecular complexity index is 1440. The normalized spacial score (nSPS) is 11.0. The summed E-state index contributed by atoms with van der Waals surface area (Å²) in [6.45, 7) is 5.26. The van der Waals surface area contributed by atoms with Crippen LogP contribution in [0.25, 0.3) is 21.5 Å². The standard InChI is InChI=1S/C29H27N3OS/c1-20-14-15-25(21(2)17-20)31-29(33)30-18-24-23-11-6-7-12-26(23)32(19-22-9-4-3-5-10-22)28(24)27-13-8-16-34-27/h3-17H,18-19H2,1-2H3,(H2,30,31,33). The maximum absolute atomic E-state index is 12.8. The Hall–Kier alpha value is -3.83. The molecule has 2 aromatic heterocycles. The van der Waals surface area contributed by atoms with Gasteiger partial charge in [-0.2, -0.15) is 0 Å². The van der Waals surface area contributed by atoms with Crippen LogP contribution in [-0.4, -0.2) is 10.6 Å². The first-order valence-corrected chi connectivity index (χ1v) is 12.3. The third kappa shape index (κ3) is 4.47. The molecule has 4 nitrogen and oxygen atoms in total. The fourth-order valence-corrected chi connectivity index (χ4v) is 5.27. The fourth-order valence-electron chi connectivity index (χ4n) is 4.47. The van der Waals surface area contributed by atoms with E-state index in [9.17, 15) is 4.79 Å². The van der Waals surface area contributed by atoms with Crippen molar-refractivity contribution in [1.82, 2.24) is 9.88 Å². The van der Waals surface area contributed by atoms with E-state index in [-0.39, 0.29) is 6.03 Å². The Morgan fingerprint density at radius 3 is 2.47 bits per heavy atom. The van der Waals surface area contributed by atoms with Crippen molar-refractivity contribution in [3.63, 3.8) is 0 Å². The molecule has 0 bridgehead atoms. The molecule has 0 aliphatic carbocycles. The van der Waals surface area contributed by atoms with Gasteiger partial charge in [0.15, 0.2) is 0 Å². The Kier molecular flexibility index (Phi) is 6.19. The van der Waals surface area contributed by atoms with E-state index in [1.165, 1.54) is 21.5 Å². The maximum Gasteiger partial charge on any atom is 0.319 e. The molecule has 0 saturated heterocycles. The molecule has 0 fully saturated rings. The summed E-state index contributed by atoms with van der Waals surface area (Å²) in [5, 5.41) is 9.37. The van der Waals surface area contributed by atoms with E-state index in [1.807, 2.05) is 32.0 Å². The van der Waals surface area contributed by atoms with Gasteiger partial charge < -0.3 is 15.2 Å². The van der Waals surface area contributed by atoms with Gasteiger partial charge in [0.1, 0.15) is 0 Å². The molecule has 0 radical (unpaired) electrons. The van der Waals surface area contributed by atoms with Crippen LogP contribution in [-0.2, 0) is 13.1 Å². The molecule has 0 unspecified atom stereocenters. The van der Waals surface area contributed by atoms with Crippen molar-refractivity contribution >= 4 is 34.0 Å². The number of aryl methyl sites for hydroxylation is 2. The average Bonchev–Trinajstić information content (AvgIpc) is 3.47. The average molecular weight is 466 g/mol. The molecule has 0 aliphatic rings. The molecule has 0 spiro atoms. The SMILES string of the molecule is Cc1ccc(NC(=O)NCc2c(-c3cccs3)n(Cc3ccccc3)c3ccccc23)c(C)c1. The first kappa shape index (κ1) is 22.0. The van der Waals surface area contributed by atoms with Gasteiger partial charge in [-0.15, -0.1) is 11.3 Å². The van der Waals surface area contributed by atoms with Gasteiger partial charge in [0.25, 0.3) is 0 Å². The quantitative estimate of drug-likeness (QED) is 0.270. The summed E-state index contributed by atoms with van der Waals surface area (Å²) in [5.74, 6) is 0. The Balaban J connectivity index is 1.50. The van der Waals surface area contributed by atoms with Gasteiger partial charge in [-0.25, -0.2) is 4.79 Å². The van der Waals surface area contributed by atoms with Crippen LogP contribution in [0.15, 0.2) is 90.3 Å². The smallest absolute Gasteiger partial charge is 0.319 e. The number of nitrogens with zero attached hydrogens (tertiary/aromatic N) is 1. The predicted octanol–water partition coefficient (Wildman–Crippen LogP) is 7.36. The number of anilines is 1. The van der Waals surface area contributed by atoms with E-state index < -0.39 is 0 Å². The van der Waals surface area contributed by atoms with Gasteiger partial charge in [0.05, 0.1) is 10.6 Å². The number of amides is 2. The predicted molar refractivity (Wildman–Crippen MR) is 143 cm³/mol.